The number of hydrogen-bond acceptors (Lipinski definition) is 7. The predicted molar refractivity (Wildman–Crippen MR) is 128 cm³/mol. The number of aliphatic carboxylic acids is 1. The molecule has 10 heteroatoms. The number of carboxylic acid groups (broad SMARTS) is 1. The molecule has 1 spiro atoms. The van der Waals surface area contributed by atoms with Crippen LogP contribution in [0, 0.1) is 17.8 Å². The second kappa shape index (κ2) is 10.6. The Morgan fingerprint density at radius 2 is 2.03 bits per heavy atom. The van der Waals surface area contributed by atoms with Gasteiger partial charge in [-0.15, -0.1) is 18.3 Å². The fraction of sp³-hybridized carbons (Fsp3) is 0.792. The van der Waals surface area contributed by atoms with Gasteiger partial charge in [0, 0.05) is 51.1 Å². The van der Waals surface area contributed by atoms with E-state index in [9.17, 15) is 24.6 Å². The first-order chi connectivity index (χ1) is 16.4. The van der Waals surface area contributed by atoms with E-state index in [2.05, 4.69) is 18.4 Å². The van der Waals surface area contributed by atoms with Gasteiger partial charge in [0.25, 0.3) is 0 Å². The van der Waals surface area contributed by atoms with Gasteiger partial charge in [0.15, 0.2) is 0 Å². The number of morpholine rings is 1. The Morgan fingerprint density at radius 1 is 1.29 bits per heavy atom. The number of fused-ring (bicyclic) bond motifs is 1. The number of carboxylic acids is 1. The quantitative estimate of drug-likeness (QED) is 0.316. The predicted octanol–water partition coefficient (Wildman–Crippen LogP) is 0.528. The molecule has 6 atom stereocenters. The third kappa shape index (κ3) is 4.27. The zero-order chi connectivity index (χ0) is 24.5. The summed E-state index contributed by atoms with van der Waals surface area (Å²) in [7, 11) is 0. The van der Waals surface area contributed by atoms with Crippen LogP contribution in [-0.4, -0.2) is 118 Å². The second-order valence-corrected chi connectivity index (χ2v) is 11.4. The molecule has 0 saturated carbocycles. The van der Waals surface area contributed by atoms with E-state index in [4.69, 9.17) is 4.74 Å². The van der Waals surface area contributed by atoms with Crippen molar-refractivity contribution in [3.8, 4) is 0 Å². The lowest BCUT2D eigenvalue weighted by molar-refractivity contribution is -0.149. The summed E-state index contributed by atoms with van der Waals surface area (Å²) in [5.41, 5.74) is 0. The van der Waals surface area contributed by atoms with Gasteiger partial charge in [-0.05, 0) is 25.2 Å². The first-order valence-corrected chi connectivity index (χ1v) is 13.3. The first kappa shape index (κ1) is 25.5. The smallest absolute Gasteiger partial charge is 0.308 e. The number of aliphatic hydroxyl groups excluding tert-OH is 1. The Labute approximate surface area is 205 Å². The van der Waals surface area contributed by atoms with Crippen LogP contribution in [0.5, 0.6) is 0 Å². The van der Waals surface area contributed by atoms with Crippen molar-refractivity contribution in [2.45, 2.75) is 42.2 Å². The van der Waals surface area contributed by atoms with Gasteiger partial charge < -0.3 is 24.7 Å². The number of carbonyl (C=O) groups excluding carboxylic acids is 2. The van der Waals surface area contributed by atoms with Crippen molar-refractivity contribution in [1.29, 1.82) is 0 Å². The van der Waals surface area contributed by atoms with Crippen molar-refractivity contribution >= 4 is 29.5 Å². The number of amides is 2. The maximum atomic E-state index is 14.2. The summed E-state index contributed by atoms with van der Waals surface area (Å²) in [5, 5.41) is 19.1. The molecule has 2 amide bonds. The highest BCUT2D eigenvalue weighted by Crippen LogP contribution is 2.68. The summed E-state index contributed by atoms with van der Waals surface area (Å²) < 4.78 is 4.70. The molecular weight excluding hydrogens is 458 g/mol. The Hall–Kier alpha value is -1.62. The van der Waals surface area contributed by atoms with Crippen molar-refractivity contribution in [2.24, 2.45) is 17.8 Å². The number of aliphatic hydroxyl groups is 1. The Bertz CT molecular complexity index is 806. The van der Waals surface area contributed by atoms with E-state index in [0.717, 1.165) is 13.1 Å². The highest BCUT2D eigenvalue weighted by atomic mass is 32.2. The van der Waals surface area contributed by atoms with Crippen LogP contribution in [0.25, 0.3) is 0 Å². The van der Waals surface area contributed by atoms with Gasteiger partial charge in [0.1, 0.15) is 6.04 Å². The van der Waals surface area contributed by atoms with E-state index >= 15 is 0 Å². The molecule has 4 rings (SSSR count). The fourth-order valence-corrected chi connectivity index (χ4v) is 8.83. The molecule has 0 aliphatic carbocycles. The second-order valence-electron chi connectivity index (χ2n) is 9.88. The summed E-state index contributed by atoms with van der Waals surface area (Å²) in [6.45, 7) is 10.9. The van der Waals surface area contributed by atoms with Crippen LogP contribution in [-0.2, 0) is 19.1 Å². The molecule has 4 aliphatic heterocycles. The van der Waals surface area contributed by atoms with Crippen LogP contribution in [0.15, 0.2) is 12.7 Å². The van der Waals surface area contributed by atoms with Crippen molar-refractivity contribution in [2.75, 3.05) is 59.1 Å². The number of nitrogens with zero attached hydrogens (tertiary/aromatic N) is 3. The molecule has 9 nitrogen and oxygen atoms in total. The number of thioether (sulfide) groups is 1. The molecule has 2 N–H and O–H groups in total. The average Bonchev–Trinajstić information content (AvgIpc) is 3.41. The molecule has 34 heavy (non-hydrogen) atoms. The first-order valence-electron chi connectivity index (χ1n) is 12.4. The third-order valence-electron chi connectivity index (χ3n) is 8.02. The Morgan fingerprint density at radius 3 is 2.68 bits per heavy atom. The maximum absolute atomic E-state index is 14.2. The van der Waals surface area contributed by atoms with Crippen LogP contribution in [0.1, 0.15) is 26.2 Å². The summed E-state index contributed by atoms with van der Waals surface area (Å²) in [6.07, 6.45) is 3.52. The molecule has 3 unspecified atom stereocenters. The normalized spacial score (nSPS) is 34.9. The SMILES string of the molecule is C=CCN(CCN1CCOCC1)C(=O)C1N(CCCCO)C(=O)[C@@H]2[C@H](C(=O)O)[C@@H]3CC(C)C12S3. The summed E-state index contributed by atoms with van der Waals surface area (Å²) in [5.74, 6) is -2.64. The highest BCUT2D eigenvalue weighted by Gasteiger charge is 2.76. The van der Waals surface area contributed by atoms with E-state index in [1.165, 1.54) is 0 Å². The van der Waals surface area contributed by atoms with Gasteiger partial charge in [-0.2, -0.15) is 0 Å². The fourth-order valence-electron chi connectivity index (χ4n) is 6.42. The van der Waals surface area contributed by atoms with Gasteiger partial charge in [0.05, 0.1) is 29.8 Å². The van der Waals surface area contributed by atoms with E-state index in [0.29, 0.717) is 58.7 Å². The van der Waals surface area contributed by atoms with Crippen LogP contribution in [0.2, 0.25) is 0 Å². The number of ether oxygens (including phenoxy) is 1. The van der Waals surface area contributed by atoms with Crippen molar-refractivity contribution in [3.05, 3.63) is 12.7 Å². The zero-order valence-electron chi connectivity index (χ0n) is 19.9. The summed E-state index contributed by atoms with van der Waals surface area (Å²) >= 11 is 1.57. The highest BCUT2D eigenvalue weighted by molar-refractivity contribution is 8.02. The van der Waals surface area contributed by atoms with E-state index in [1.54, 1.807) is 27.6 Å². The molecule has 0 aromatic rings. The van der Waals surface area contributed by atoms with Crippen LogP contribution in [0.4, 0.5) is 0 Å². The minimum absolute atomic E-state index is 0.0162. The lowest BCUT2D eigenvalue weighted by atomic mass is 9.66. The molecule has 4 saturated heterocycles. The minimum Gasteiger partial charge on any atom is -0.481 e. The minimum atomic E-state index is -0.941. The van der Waals surface area contributed by atoms with E-state index in [-0.39, 0.29) is 29.6 Å². The average molecular weight is 496 g/mol. The number of unbranched alkanes of at least 4 members (excludes halogenated alkanes) is 1. The molecule has 0 aromatic heterocycles. The summed E-state index contributed by atoms with van der Waals surface area (Å²) in [4.78, 5) is 45.8. The van der Waals surface area contributed by atoms with Crippen LogP contribution < -0.4 is 0 Å². The summed E-state index contributed by atoms with van der Waals surface area (Å²) in [6, 6.07) is -0.692. The lowest BCUT2D eigenvalue weighted by Gasteiger charge is -2.40. The number of rotatable bonds is 11. The van der Waals surface area contributed by atoms with Crippen molar-refractivity contribution in [1.82, 2.24) is 14.7 Å². The van der Waals surface area contributed by atoms with Crippen molar-refractivity contribution < 1.29 is 29.3 Å². The van der Waals surface area contributed by atoms with Crippen LogP contribution in [0.3, 0.4) is 0 Å². The maximum Gasteiger partial charge on any atom is 0.308 e. The Balaban J connectivity index is 1.63. The molecular formula is C24H37N3O6S. The lowest BCUT2D eigenvalue weighted by Crippen LogP contribution is -2.58. The molecule has 4 aliphatic rings. The van der Waals surface area contributed by atoms with Crippen LogP contribution >= 0.6 is 11.8 Å². The molecule has 190 valence electrons. The molecule has 2 bridgehead atoms. The van der Waals surface area contributed by atoms with Gasteiger partial charge in [-0.25, -0.2) is 0 Å². The Kier molecular flexibility index (Phi) is 7.91. The number of hydrogen-bond donors (Lipinski definition) is 2. The topological polar surface area (TPSA) is 111 Å². The molecule has 4 heterocycles. The number of likely N-dealkylation sites (tertiary alicyclic amines) is 1. The molecule has 0 aromatic carbocycles. The van der Waals surface area contributed by atoms with Gasteiger partial charge in [0.2, 0.25) is 11.8 Å². The number of carbonyl (C=O) groups is 3. The van der Waals surface area contributed by atoms with Crippen molar-refractivity contribution in [3.63, 3.8) is 0 Å². The van der Waals surface area contributed by atoms with E-state index < -0.39 is 28.6 Å². The van der Waals surface area contributed by atoms with Gasteiger partial charge >= 0.3 is 5.97 Å². The largest absolute Gasteiger partial charge is 0.481 e. The van der Waals surface area contributed by atoms with Gasteiger partial charge in [-0.3, -0.25) is 19.3 Å². The van der Waals surface area contributed by atoms with Gasteiger partial charge in [-0.1, -0.05) is 13.0 Å². The molecule has 0 radical (unpaired) electrons. The monoisotopic (exact) mass is 495 g/mol. The van der Waals surface area contributed by atoms with E-state index in [1.807, 2.05) is 0 Å². The standard InChI is InChI=1S/C24H37N3O6S/c1-3-6-26(9-8-25-10-13-33-14-11-25)22(30)20-24-16(2)15-17(34-24)18(23(31)32)19(24)21(29)27(20)7-4-5-12-28/h3,16-20,28H,1,4-15H2,2H3,(H,31,32)/t16?,17-,18+,19-,20?,24?/m0/s1. The zero-order valence-corrected chi connectivity index (χ0v) is 20.8. The third-order valence-corrected chi connectivity index (χ3v) is 10.1. The molecule has 4 fully saturated rings.